The lowest BCUT2D eigenvalue weighted by Crippen LogP contribution is -2.31. The monoisotopic (exact) mass is 364 g/mol. The third-order valence-corrected chi connectivity index (χ3v) is 3.73. The van der Waals surface area contributed by atoms with Crippen LogP contribution in [0.25, 0.3) is 0 Å². The van der Waals surface area contributed by atoms with E-state index in [9.17, 15) is 4.79 Å². The third kappa shape index (κ3) is 4.24. The van der Waals surface area contributed by atoms with E-state index < -0.39 is 0 Å². The average Bonchev–Trinajstić information content (AvgIpc) is 2.69. The first-order valence-corrected chi connectivity index (χ1v) is 7.36. The Morgan fingerprint density at radius 1 is 1.50 bits per heavy atom. The van der Waals surface area contributed by atoms with E-state index in [1.165, 1.54) is 0 Å². The average molecular weight is 364 g/mol. The van der Waals surface area contributed by atoms with Crippen molar-refractivity contribution in [1.29, 1.82) is 0 Å². The number of nitrogens with zero attached hydrogens (tertiary/aromatic N) is 3. The summed E-state index contributed by atoms with van der Waals surface area (Å²) in [5.41, 5.74) is 0.637. The molecule has 1 amide bonds. The Kier molecular flexibility index (Phi) is 6.62. The number of carbonyl (C=O) groups excluding carboxylic acids is 1. The Morgan fingerprint density at radius 2 is 2.17 bits per heavy atom. The van der Waals surface area contributed by atoms with Crippen LogP contribution in [0.2, 0.25) is 0 Å². The maximum Gasteiger partial charge on any atom is 0.270 e. The number of aromatic nitrogens is 2. The van der Waals surface area contributed by atoms with Gasteiger partial charge >= 0.3 is 0 Å². The van der Waals surface area contributed by atoms with E-state index in [1.54, 1.807) is 17.9 Å². The Hall–Kier alpha value is -0.630. The van der Waals surface area contributed by atoms with Gasteiger partial charge in [0.15, 0.2) is 0 Å². The minimum atomic E-state index is -0.0426. The van der Waals surface area contributed by atoms with Gasteiger partial charge in [-0.1, -0.05) is 13.8 Å². The molecule has 0 aliphatic heterocycles. The topological polar surface area (TPSA) is 50.2 Å². The Balaban J connectivity index is 2.34. The molecule has 0 saturated carbocycles. The zero-order chi connectivity index (χ0) is 13.5. The molecule has 102 valence electrons. The van der Waals surface area contributed by atoms with Crippen molar-refractivity contribution in [3.63, 3.8) is 0 Å². The molecule has 0 unspecified atom stereocenters. The van der Waals surface area contributed by atoms with Gasteiger partial charge in [-0.25, -0.2) is 0 Å². The van der Waals surface area contributed by atoms with Crippen molar-refractivity contribution >= 4 is 28.5 Å². The molecule has 1 heterocycles. The summed E-state index contributed by atoms with van der Waals surface area (Å²) in [4.78, 5) is 14.3. The lowest BCUT2D eigenvalue weighted by Gasteiger charge is -2.17. The molecule has 1 N–H and O–H groups in total. The molecule has 0 fully saturated rings. The predicted octanol–water partition coefficient (Wildman–Crippen LogP) is 1.49. The zero-order valence-corrected chi connectivity index (χ0v) is 13.4. The Morgan fingerprint density at radius 3 is 2.67 bits per heavy atom. The molecule has 0 aromatic carbocycles. The smallest absolute Gasteiger partial charge is 0.270 e. The molecule has 18 heavy (non-hydrogen) atoms. The minimum absolute atomic E-state index is 0.0426. The van der Waals surface area contributed by atoms with Crippen LogP contribution in [0.1, 0.15) is 30.8 Å². The van der Waals surface area contributed by atoms with Gasteiger partial charge in [-0.15, -0.1) is 0 Å². The van der Waals surface area contributed by atoms with Crippen molar-refractivity contribution < 1.29 is 4.79 Å². The van der Waals surface area contributed by atoms with Gasteiger partial charge in [0.05, 0.1) is 9.77 Å². The summed E-state index contributed by atoms with van der Waals surface area (Å²) in [6, 6.07) is 0. The van der Waals surface area contributed by atoms with E-state index in [-0.39, 0.29) is 5.91 Å². The largest absolute Gasteiger partial charge is 0.351 e. The fraction of sp³-hybridized carbons (Fsp3) is 0.667. The standard InChI is InChI=1S/C12H21IN4O/c1-4-17(5-2)8-6-7-14-12(18)11-10(13)9-15-16(11)3/h9H,4-8H2,1-3H3,(H,14,18). The minimum Gasteiger partial charge on any atom is -0.351 e. The molecule has 1 aromatic heterocycles. The van der Waals surface area contributed by atoms with Crippen LogP contribution in [0.4, 0.5) is 0 Å². The number of hydrogen-bond acceptors (Lipinski definition) is 3. The quantitative estimate of drug-likeness (QED) is 0.589. The molecular formula is C12H21IN4O. The van der Waals surface area contributed by atoms with Gasteiger partial charge in [-0.3, -0.25) is 9.48 Å². The number of carbonyl (C=O) groups is 1. The Bertz CT molecular complexity index is 368. The summed E-state index contributed by atoms with van der Waals surface area (Å²) in [5, 5.41) is 7.00. The van der Waals surface area contributed by atoms with E-state index in [0.717, 1.165) is 29.6 Å². The SMILES string of the molecule is CCN(CC)CCCNC(=O)c1c(I)cnn1C. The van der Waals surface area contributed by atoms with Crippen molar-refractivity contribution in [3.8, 4) is 0 Å². The van der Waals surface area contributed by atoms with Crippen LogP contribution in [-0.4, -0.2) is 46.8 Å². The first kappa shape index (κ1) is 15.4. The lowest BCUT2D eigenvalue weighted by molar-refractivity contribution is 0.0941. The second-order valence-electron chi connectivity index (χ2n) is 4.10. The van der Waals surface area contributed by atoms with Crippen LogP contribution in [0.3, 0.4) is 0 Å². The molecule has 5 nitrogen and oxygen atoms in total. The highest BCUT2D eigenvalue weighted by atomic mass is 127. The summed E-state index contributed by atoms with van der Waals surface area (Å²) >= 11 is 2.13. The summed E-state index contributed by atoms with van der Waals surface area (Å²) in [6.45, 7) is 8.15. The van der Waals surface area contributed by atoms with E-state index in [4.69, 9.17) is 0 Å². The van der Waals surface area contributed by atoms with Gasteiger partial charge in [0.1, 0.15) is 5.69 Å². The van der Waals surface area contributed by atoms with Crippen molar-refractivity contribution in [2.75, 3.05) is 26.2 Å². The van der Waals surface area contributed by atoms with Crippen LogP contribution in [0.15, 0.2) is 6.20 Å². The molecule has 0 atom stereocenters. The molecule has 1 rings (SSSR count). The molecule has 1 aromatic rings. The molecule has 0 aliphatic carbocycles. The van der Waals surface area contributed by atoms with Gasteiger partial charge in [0, 0.05) is 13.6 Å². The van der Waals surface area contributed by atoms with E-state index in [0.29, 0.717) is 12.2 Å². The summed E-state index contributed by atoms with van der Waals surface area (Å²) < 4.78 is 2.50. The number of halogens is 1. The van der Waals surface area contributed by atoms with E-state index >= 15 is 0 Å². The van der Waals surface area contributed by atoms with Gasteiger partial charge in [0.2, 0.25) is 0 Å². The number of aryl methyl sites for hydroxylation is 1. The number of nitrogens with one attached hydrogen (secondary N) is 1. The fourth-order valence-corrected chi connectivity index (χ4v) is 2.51. The van der Waals surface area contributed by atoms with E-state index in [2.05, 4.69) is 51.8 Å². The molecule has 0 aliphatic rings. The van der Waals surface area contributed by atoms with Gasteiger partial charge < -0.3 is 10.2 Å². The summed E-state index contributed by atoms with van der Waals surface area (Å²) in [5.74, 6) is -0.0426. The normalized spacial score (nSPS) is 10.9. The zero-order valence-electron chi connectivity index (χ0n) is 11.2. The molecule has 0 saturated heterocycles. The van der Waals surface area contributed by atoms with Crippen molar-refractivity contribution in [1.82, 2.24) is 20.0 Å². The van der Waals surface area contributed by atoms with Gasteiger partial charge in [0.25, 0.3) is 5.91 Å². The highest BCUT2D eigenvalue weighted by Crippen LogP contribution is 2.09. The predicted molar refractivity (Wildman–Crippen MR) is 80.7 cm³/mol. The number of rotatable bonds is 7. The molecule has 6 heteroatoms. The third-order valence-electron chi connectivity index (χ3n) is 2.94. The van der Waals surface area contributed by atoms with Crippen LogP contribution >= 0.6 is 22.6 Å². The van der Waals surface area contributed by atoms with Gasteiger partial charge in [-0.2, -0.15) is 5.10 Å². The highest BCUT2D eigenvalue weighted by molar-refractivity contribution is 14.1. The second-order valence-corrected chi connectivity index (χ2v) is 5.26. The maximum atomic E-state index is 11.9. The van der Waals surface area contributed by atoms with Gasteiger partial charge in [-0.05, 0) is 48.6 Å². The highest BCUT2D eigenvalue weighted by Gasteiger charge is 2.14. The first-order valence-electron chi connectivity index (χ1n) is 6.28. The van der Waals surface area contributed by atoms with Crippen molar-refractivity contribution in [2.24, 2.45) is 7.05 Å². The molecule has 0 radical (unpaired) electrons. The van der Waals surface area contributed by atoms with E-state index in [1.807, 2.05) is 0 Å². The summed E-state index contributed by atoms with van der Waals surface area (Å²) in [7, 11) is 1.78. The maximum absolute atomic E-state index is 11.9. The van der Waals surface area contributed by atoms with Crippen LogP contribution < -0.4 is 5.32 Å². The van der Waals surface area contributed by atoms with Crippen molar-refractivity contribution in [3.05, 3.63) is 15.5 Å². The molecular weight excluding hydrogens is 343 g/mol. The van der Waals surface area contributed by atoms with Crippen LogP contribution in [-0.2, 0) is 7.05 Å². The first-order chi connectivity index (χ1) is 8.60. The molecule has 0 spiro atoms. The fourth-order valence-electron chi connectivity index (χ4n) is 1.79. The van der Waals surface area contributed by atoms with Crippen molar-refractivity contribution in [2.45, 2.75) is 20.3 Å². The Labute approximate surface area is 122 Å². The second kappa shape index (κ2) is 7.73. The number of hydrogen-bond donors (Lipinski definition) is 1. The lowest BCUT2D eigenvalue weighted by atomic mass is 10.3. The number of amides is 1. The van der Waals surface area contributed by atoms with Crippen LogP contribution in [0.5, 0.6) is 0 Å². The van der Waals surface area contributed by atoms with Crippen LogP contribution in [0, 0.1) is 3.57 Å². The molecule has 0 bridgehead atoms. The summed E-state index contributed by atoms with van der Waals surface area (Å²) in [6.07, 6.45) is 2.67.